The summed E-state index contributed by atoms with van der Waals surface area (Å²) in [6, 6.07) is 8.01. The molecule has 3 N–H and O–H groups in total. The number of amides is 1. The molecule has 1 amide bonds. The number of methoxy groups -OCH3 is 1. The summed E-state index contributed by atoms with van der Waals surface area (Å²) in [6.07, 6.45) is -4.55. The van der Waals surface area contributed by atoms with Crippen molar-refractivity contribution in [2.75, 3.05) is 18.7 Å². The van der Waals surface area contributed by atoms with Gasteiger partial charge in [0, 0.05) is 6.42 Å². The minimum absolute atomic E-state index is 0.204. The molecule has 12 heteroatoms. The standard InChI is InChI=1S/C15H16F3N5O3S/c1-26-12(25)10(7-9-5-3-2-4-6-9)20-11(24)8-27-14-22-21-13(23(14)19)15(16,17)18/h2-6,10H,7-8,19H2,1H3,(H,20,24)/t10-/m0/s1. The molecular weight excluding hydrogens is 387 g/mol. The summed E-state index contributed by atoms with van der Waals surface area (Å²) in [6.45, 7) is 0. The number of hydrogen-bond donors (Lipinski definition) is 2. The van der Waals surface area contributed by atoms with Crippen LogP contribution in [-0.2, 0) is 26.9 Å². The SMILES string of the molecule is COC(=O)[C@H](Cc1ccccc1)NC(=O)CSc1nnc(C(F)(F)F)n1N. The second-order valence-corrected chi connectivity index (χ2v) is 6.24. The van der Waals surface area contributed by atoms with Crippen molar-refractivity contribution in [3.05, 3.63) is 41.7 Å². The van der Waals surface area contributed by atoms with Crippen molar-refractivity contribution in [3.63, 3.8) is 0 Å². The summed E-state index contributed by atoms with van der Waals surface area (Å²) in [5.41, 5.74) is 0.803. The molecular formula is C15H16F3N5O3S. The number of alkyl halides is 3. The highest BCUT2D eigenvalue weighted by atomic mass is 32.2. The first-order valence-electron chi connectivity index (χ1n) is 7.54. The van der Waals surface area contributed by atoms with Crippen LogP contribution in [0, 0.1) is 0 Å². The van der Waals surface area contributed by atoms with Gasteiger partial charge in [0.05, 0.1) is 12.9 Å². The van der Waals surface area contributed by atoms with E-state index in [-0.39, 0.29) is 22.0 Å². The molecule has 1 heterocycles. The van der Waals surface area contributed by atoms with Gasteiger partial charge in [-0.1, -0.05) is 42.1 Å². The number of nitrogens with one attached hydrogen (secondary N) is 1. The molecule has 1 aromatic carbocycles. The number of carbonyl (C=O) groups excluding carboxylic acids is 2. The van der Waals surface area contributed by atoms with E-state index in [1.807, 2.05) is 6.07 Å². The molecule has 0 aliphatic carbocycles. The zero-order chi connectivity index (χ0) is 20.0. The summed E-state index contributed by atoms with van der Waals surface area (Å²) in [5, 5.41) is 8.48. The number of thioether (sulfide) groups is 1. The highest BCUT2D eigenvalue weighted by Gasteiger charge is 2.38. The molecule has 0 saturated carbocycles. The van der Waals surface area contributed by atoms with Crippen LogP contribution in [0.4, 0.5) is 13.2 Å². The zero-order valence-corrected chi connectivity index (χ0v) is 14.9. The van der Waals surface area contributed by atoms with Crippen LogP contribution >= 0.6 is 11.8 Å². The van der Waals surface area contributed by atoms with Crippen molar-refractivity contribution >= 4 is 23.6 Å². The average Bonchev–Trinajstić information content (AvgIpc) is 3.00. The molecule has 0 bridgehead atoms. The number of benzene rings is 1. The lowest BCUT2D eigenvalue weighted by Crippen LogP contribution is -2.43. The number of ether oxygens (including phenoxy) is 1. The topological polar surface area (TPSA) is 112 Å². The molecule has 2 aromatic rings. The van der Waals surface area contributed by atoms with Crippen LogP contribution in [0.2, 0.25) is 0 Å². The number of carbonyl (C=O) groups is 2. The molecule has 8 nitrogen and oxygen atoms in total. The number of nitrogen functional groups attached to an aromatic ring is 1. The number of nitrogens with zero attached hydrogens (tertiary/aromatic N) is 3. The molecule has 0 fully saturated rings. The maximum atomic E-state index is 12.6. The Hall–Kier alpha value is -2.76. The first kappa shape index (κ1) is 20.6. The van der Waals surface area contributed by atoms with Crippen molar-refractivity contribution in [2.45, 2.75) is 23.8 Å². The van der Waals surface area contributed by atoms with Gasteiger partial charge in [0.25, 0.3) is 5.82 Å². The molecule has 0 saturated heterocycles. The lowest BCUT2D eigenvalue weighted by molar-refractivity contribution is -0.147. The Morgan fingerprint density at radius 3 is 2.52 bits per heavy atom. The second kappa shape index (κ2) is 8.75. The third-order valence-electron chi connectivity index (χ3n) is 3.35. The van der Waals surface area contributed by atoms with Gasteiger partial charge in [-0.15, -0.1) is 10.2 Å². The van der Waals surface area contributed by atoms with E-state index in [0.29, 0.717) is 11.8 Å². The van der Waals surface area contributed by atoms with Gasteiger partial charge in [-0.05, 0) is 5.56 Å². The van der Waals surface area contributed by atoms with Crippen molar-refractivity contribution < 1.29 is 27.5 Å². The van der Waals surface area contributed by atoms with E-state index >= 15 is 0 Å². The largest absolute Gasteiger partial charge is 0.467 e. The van der Waals surface area contributed by atoms with E-state index in [9.17, 15) is 22.8 Å². The Balaban J connectivity index is 1.98. The van der Waals surface area contributed by atoms with Crippen molar-refractivity contribution in [2.24, 2.45) is 0 Å². The summed E-state index contributed by atoms with van der Waals surface area (Å²) in [7, 11) is 1.19. The van der Waals surface area contributed by atoms with Crippen molar-refractivity contribution in [1.29, 1.82) is 0 Å². The Morgan fingerprint density at radius 2 is 1.96 bits per heavy atom. The molecule has 0 aliphatic rings. The predicted octanol–water partition coefficient (Wildman–Crippen LogP) is 1.00. The Bertz CT molecular complexity index is 798. The molecule has 0 unspecified atom stereocenters. The monoisotopic (exact) mass is 403 g/mol. The number of rotatable bonds is 7. The molecule has 146 valence electrons. The maximum absolute atomic E-state index is 12.6. The maximum Gasteiger partial charge on any atom is 0.453 e. The number of hydrogen-bond acceptors (Lipinski definition) is 7. The summed E-state index contributed by atoms with van der Waals surface area (Å²) in [5.74, 6) is 2.38. The van der Waals surface area contributed by atoms with E-state index in [0.717, 1.165) is 5.56 Å². The minimum Gasteiger partial charge on any atom is -0.467 e. The first-order valence-corrected chi connectivity index (χ1v) is 8.52. The third-order valence-corrected chi connectivity index (χ3v) is 4.30. The number of aromatic nitrogens is 3. The fraction of sp³-hybridized carbons (Fsp3) is 0.333. The van der Waals surface area contributed by atoms with Gasteiger partial charge in [0.1, 0.15) is 6.04 Å². The van der Waals surface area contributed by atoms with Gasteiger partial charge in [-0.3, -0.25) is 4.79 Å². The Labute approximate surface area is 156 Å². The van der Waals surface area contributed by atoms with Crippen LogP contribution in [0.3, 0.4) is 0 Å². The van der Waals surface area contributed by atoms with E-state index in [1.165, 1.54) is 7.11 Å². The highest BCUT2D eigenvalue weighted by Crippen LogP contribution is 2.28. The molecule has 1 aromatic heterocycles. The zero-order valence-electron chi connectivity index (χ0n) is 14.1. The van der Waals surface area contributed by atoms with Crippen molar-refractivity contribution in [3.8, 4) is 0 Å². The summed E-state index contributed by atoms with van der Waals surface area (Å²) < 4.78 is 42.8. The number of esters is 1. The summed E-state index contributed by atoms with van der Waals surface area (Å²) in [4.78, 5) is 24.0. The van der Waals surface area contributed by atoms with Crippen LogP contribution in [0.1, 0.15) is 11.4 Å². The molecule has 27 heavy (non-hydrogen) atoms. The molecule has 0 aliphatic heterocycles. The number of nitrogens with two attached hydrogens (primary N) is 1. The van der Waals surface area contributed by atoms with Crippen LogP contribution in [0.5, 0.6) is 0 Å². The second-order valence-electron chi connectivity index (χ2n) is 5.30. The van der Waals surface area contributed by atoms with Crippen LogP contribution in [-0.4, -0.2) is 45.7 Å². The summed E-state index contributed by atoms with van der Waals surface area (Å²) >= 11 is 0.660. The van der Waals surface area contributed by atoms with Crippen LogP contribution < -0.4 is 11.2 Å². The van der Waals surface area contributed by atoms with Crippen LogP contribution in [0.25, 0.3) is 0 Å². The third kappa shape index (κ3) is 5.61. The smallest absolute Gasteiger partial charge is 0.453 e. The molecule has 1 atom stereocenters. The normalized spacial score (nSPS) is 12.4. The first-order chi connectivity index (χ1) is 12.7. The van der Waals surface area contributed by atoms with Gasteiger partial charge < -0.3 is 15.9 Å². The molecule has 0 spiro atoms. The van der Waals surface area contributed by atoms with Crippen molar-refractivity contribution in [1.82, 2.24) is 20.2 Å². The molecule has 0 radical (unpaired) electrons. The lowest BCUT2D eigenvalue weighted by atomic mass is 10.1. The van der Waals surface area contributed by atoms with E-state index in [4.69, 9.17) is 5.84 Å². The molecule has 2 rings (SSSR count). The quantitative estimate of drug-likeness (QED) is 0.403. The van der Waals surface area contributed by atoms with Gasteiger partial charge in [-0.2, -0.15) is 13.2 Å². The highest BCUT2D eigenvalue weighted by molar-refractivity contribution is 7.99. The fourth-order valence-corrected chi connectivity index (χ4v) is 2.79. The number of halogens is 3. The van der Waals surface area contributed by atoms with Crippen LogP contribution in [0.15, 0.2) is 35.5 Å². The predicted molar refractivity (Wildman–Crippen MR) is 90.0 cm³/mol. The Morgan fingerprint density at radius 1 is 1.30 bits per heavy atom. The van der Waals surface area contributed by atoms with E-state index in [1.54, 1.807) is 24.3 Å². The van der Waals surface area contributed by atoms with Gasteiger partial charge >= 0.3 is 12.1 Å². The Kier molecular flexibility index (Phi) is 6.66. The van der Waals surface area contributed by atoms with E-state index in [2.05, 4.69) is 20.3 Å². The minimum atomic E-state index is -4.76. The van der Waals surface area contributed by atoms with E-state index < -0.39 is 29.9 Å². The average molecular weight is 403 g/mol. The lowest BCUT2D eigenvalue weighted by Gasteiger charge is -2.16. The fourth-order valence-electron chi connectivity index (χ4n) is 2.12. The van der Waals surface area contributed by atoms with Gasteiger partial charge in [0.2, 0.25) is 11.1 Å². The van der Waals surface area contributed by atoms with Gasteiger partial charge in [-0.25, -0.2) is 9.47 Å². The van der Waals surface area contributed by atoms with Gasteiger partial charge in [0.15, 0.2) is 0 Å².